The summed E-state index contributed by atoms with van der Waals surface area (Å²) in [5.74, 6) is 0. The molecule has 0 fully saturated rings. The molecule has 0 rings (SSSR count). The molecule has 0 aliphatic heterocycles. The fourth-order valence-corrected chi connectivity index (χ4v) is 3.03. The van der Waals surface area contributed by atoms with Crippen LogP contribution in [0.1, 0.15) is 58.3 Å². The van der Waals surface area contributed by atoms with Crippen molar-refractivity contribution in [2.24, 2.45) is 0 Å². The summed E-state index contributed by atoms with van der Waals surface area (Å²) >= 11 is 0. The van der Waals surface area contributed by atoms with Crippen molar-refractivity contribution >= 4 is 0 Å². The molecule has 28 heavy (non-hydrogen) atoms. The maximum atomic E-state index is 10.00. The van der Waals surface area contributed by atoms with Gasteiger partial charge in [-0.25, -0.2) is 0 Å². The van der Waals surface area contributed by atoms with Gasteiger partial charge in [-0.1, -0.05) is 51.9 Å². The van der Waals surface area contributed by atoms with E-state index in [0.717, 1.165) is 12.8 Å². The van der Waals surface area contributed by atoms with Crippen molar-refractivity contribution in [3.8, 4) is 0 Å². The second-order valence-electron chi connectivity index (χ2n) is 7.72. The summed E-state index contributed by atoms with van der Waals surface area (Å²) in [6.45, 7) is 2.54. The molecule has 0 amide bonds. The summed E-state index contributed by atoms with van der Waals surface area (Å²) in [4.78, 5) is 1.61. The van der Waals surface area contributed by atoms with Gasteiger partial charge >= 0.3 is 0 Å². The Morgan fingerprint density at radius 3 is 1.86 bits per heavy atom. The highest BCUT2D eigenvalue weighted by molar-refractivity contribution is 4.82. The summed E-state index contributed by atoms with van der Waals surface area (Å²) < 4.78 is 5.49. The van der Waals surface area contributed by atoms with Crippen LogP contribution in [0.2, 0.25) is 0 Å². The molecule has 0 saturated heterocycles. The Morgan fingerprint density at radius 2 is 1.29 bits per heavy atom. The van der Waals surface area contributed by atoms with Gasteiger partial charge < -0.3 is 40.3 Å². The summed E-state index contributed by atoms with van der Waals surface area (Å²) in [5, 5.41) is 57.4. The van der Waals surface area contributed by atoms with Crippen LogP contribution in [0, 0.1) is 0 Å². The zero-order valence-electron chi connectivity index (χ0n) is 17.6. The van der Waals surface area contributed by atoms with Gasteiger partial charge in [0.15, 0.2) is 0 Å². The molecular weight excluding hydrogens is 366 g/mol. The SMILES string of the molecule is CCCCCCCCCCOCC(O)CN(C)CC(O)C(O)C(O)C(O)CO. The first-order valence-corrected chi connectivity index (χ1v) is 10.6. The first-order chi connectivity index (χ1) is 13.3. The van der Waals surface area contributed by atoms with Crippen molar-refractivity contribution in [3.05, 3.63) is 0 Å². The Balaban J connectivity index is 3.76. The van der Waals surface area contributed by atoms with Gasteiger partial charge in [-0.3, -0.25) is 0 Å². The molecule has 5 atom stereocenters. The van der Waals surface area contributed by atoms with Crippen molar-refractivity contribution in [3.63, 3.8) is 0 Å². The van der Waals surface area contributed by atoms with Crippen molar-refractivity contribution in [1.82, 2.24) is 4.90 Å². The lowest BCUT2D eigenvalue weighted by Gasteiger charge is -2.29. The van der Waals surface area contributed by atoms with E-state index in [1.807, 2.05) is 0 Å². The Morgan fingerprint density at radius 1 is 0.750 bits per heavy atom. The molecule has 0 bridgehead atoms. The molecule has 0 aromatic heterocycles. The third-order valence-electron chi connectivity index (χ3n) is 4.80. The number of rotatable bonds is 19. The highest BCUT2D eigenvalue weighted by Gasteiger charge is 2.30. The smallest absolute Gasteiger partial charge is 0.111 e. The normalized spacial score (nSPS) is 17.5. The third-order valence-corrected chi connectivity index (χ3v) is 4.80. The van der Waals surface area contributed by atoms with Crippen LogP contribution in [0.3, 0.4) is 0 Å². The van der Waals surface area contributed by atoms with Crippen molar-refractivity contribution in [2.45, 2.75) is 88.8 Å². The van der Waals surface area contributed by atoms with Crippen LogP contribution in [0.4, 0.5) is 0 Å². The molecule has 170 valence electrons. The molecule has 0 aromatic carbocycles. The van der Waals surface area contributed by atoms with E-state index >= 15 is 0 Å². The average molecular weight is 410 g/mol. The molecule has 0 saturated carbocycles. The lowest BCUT2D eigenvalue weighted by molar-refractivity contribution is -0.119. The molecular formula is C20H43NO7. The number of hydrogen-bond acceptors (Lipinski definition) is 8. The lowest BCUT2D eigenvalue weighted by atomic mass is 10.0. The van der Waals surface area contributed by atoms with Gasteiger partial charge in [-0.2, -0.15) is 0 Å². The van der Waals surface area contributed by atoms with Gasteiger partial charge in [0.05, 0.1) is 25.4 Å². The number of aliphatic hydroxyl groups excluding tert-OH is 6. The number of nitrogens with zero attached hydrogens (tertiary/aromatic N) is 1. The van der Waals surface area contributed by atoms with Crippen LogP contribution in [0.5, 0.6) is 0 Å². The van der Waals surface area contributed by atoms with E-state index in [-0.39, 0.29) is 19.7 Å². The van der Waals surface area contributed by atoms with E-state index < -0.39 is 37.1 Å². The van der Waals surface area contributed by atoms with Crippen molar-refractivity contribution in [2.75, 3.05) is 40.0 Å². The topological polar surface area (TPSA) is 134 Å². The molecule has 0 spiro atoms. The number of aliphatic hydroxyl groups is 6. The molecule has 6 N–H and O–H groups in total. The zero-order valence-corrected chi connectivity index (χ0v) is 17.6. The van der Waals surface area contributed by atoms with Crippen LogP contribution in [0.25, 0.3) is 0 Å². The maximum absolute atomic E-state index is 10.00. The number of likely N-dealkylation sites (N-methyl/N-ethyl adjacent to an activating group) is 1. The molecule has 0 aliphatic rings. The number of ether oxygens (including phenoxy) is 1. The fourth-order valence-electron chi connectivity index (χ4n) is 3.03. The van der Waals surface area contributed by atoms with Crippen LogP contribution in [0.15, 0.2) is 0 Å². The summed E-state index contributed by atoms with van der Waals surface area (Å²) in [6, 6.07) is 0. The molecule has 8 heteroatoms. The van der Waals surface area contributed by atoms with E-state index in [0.29, 0.717) is 6.61 Å². The lowest BCUT2D eigenvalue weighted by Crippen LogP contribution is -2.50. The molecule has 8 nitrogen and oxygen atoms in total. The van der Waals surface area contributed by atoms with Gasteiger partial charge in [-0.05, 0) is 13.5 Å². The number of unbranched alkanes of at least 4 members (excludes halogenated alkanes) is 7. The first-order valence-electron chi connectivity index (χ1n) is 10.6. The highest BCUT2D eigenvalue weighted by Crippen LogP contribution is 2.09. The quantitative estimate of drug-likeness (QED) is 0.163. The molecule has 0 aliphatic carbocycles. The van der Waals surface area contributed by atoms with E-state index in [4.69, 9.17) is 9.84 Å². The summed E-state index contributed by atoms with van der Waals surface area (Å²) in [6.07, 6.45) is 2.98. The van der Waals surface area contributed by atoms with Crippen molar-refractivity contribution in [1.29, 1.82) is 0 Å². The minimum absolute atomic E-state index is 0.00847. The van der Waals surface area contributed by atoms with Crippen LogP contribution >= 0.6 is 0 Å². The predicted molar refractivity (Wildman–Crippen MR) is 108 cm³/mol. The standard InChI is InChI=1S/C20H43NO7/c1-3-4-5-6-7-8-9-10-11-28-15-16(23)12-21(2)13-17(24)19(26)20(27)18(25)14-22/h16-20,22-27H,3-15H2,1-2H3. The average Bonchev–Trinajstić information content (AvgIpc) is 2.67. The maximum Gasteiger partial charge on any atom is 0.111 e. The van der Waals surface area contributed by atoms with Crippen LogP contribution < -0.4 is 0 Å². The molecule has 0 radical (unpaired) electrons. The Hall–Kier alpha value is -0.320. The van der Waals surface area contributed by atoms with Crippen LogP contribution in [-0.2, 0) is 4.74 Å². The summed E-state index contributed by atoms with van der Waals surface area (Å²) in [7, 11) is 1.66. The Labute approximate surface area is 169 Å². The zero-order chi connectivity index (χ0) is 21.4. The molecule has 5 unspecified atom stereocenters. The monoisotopic (exact) mass is 409 g/mol. The third kappa shape index (κ3) is 13.8. The fraction of sp³-hybridized carbons (Fsp3) is 1.00. The number of hydrogen-bond donors (Lipinski definition) is 6. The van der Waals surface area contributed by atoms with E-state index in [9.17, 15) is 25.5 Å². The largest absolute Gasteiger partial charge is 0.394 e. The second-order valence-corrected chi connectivity index (χ2v) is 7.72. The molecule has 0 heterocycles. The van der Waals surface area contributed by atoms with E-state index in [2.05, 4.69) is 6.92 Å². The van der Waals surface area contributed by atoms with Crippen LogP contribution in [-0.4, -0.2) is 106 Å². The van der Waals surface area contributed by atoms with Gasteiger partial charge in [0.1, 0.15) is 18.3 Å². The second kappa shape index (κ2) is 17.5. The van der Waals surface area contributed by atoms with E-state index in [1.54, 1.807) is 11.9 Å². The van der Waals surface area contributed by atoms with Gasteiger partial charge in [-0.15, -0.1) is 0 Å². The van der Waals surface area contributed by atoms with Gasteiger partial charge in [0.2, 0.25) is 0 Å². The Bertz CT molecular complexity index is 349. The van der Waals surface area contributed by atoms with Gasteiger partial charge in [0, 0.05) is 19.7 Å². The molecule has 0 aromatic rings. The highest BCUT2D eigenvalue weighted by atomic mass is 16.5. The van der Waals surface area contributed by atoms with Gasteiger partial charge in [0.25, 0.3) is 0 Å². The Kier molecular flexibility index (Phi) is 17.3. The minimum atomic E-state index is -1.65. The minimum Gasteiger partial charge on any atom is -0.394 e. The first kappa shape index (κ1) is 27.7. The van der Waals surface area contributed by atoms with Crippen molar-refractivity contribution < 1.29 is 35.4 Å². The predicted octanol–water partition coefficient (Wildman–Crippen LogP) is -0.128. The summed E-state index contributed by atoms with van der Waals surface area (Å²) in [5.41, 5.74) is 0. The van der Waals surface area contributed by atoms with E-state index in [1.165, 1.54) is 38.5 Å².